The van der Waals surface area contributed by atoms with Crippen molar-refractivity contribution < 1.29 is 14.8 Å². The molecule has 0 aliphatic carbocycles. The highest BCUT2D eigenvalue weighted by atomic mass is 16.5. The Hall–Kier alpha value is -1.14. The van der Waals surface area contributed by atoms with Crippen LogP contribution < -0.4 is 16.9 Å². The number of hydrogen-bond acceptors (Lipinski definition) is 4. The zero-order chi connectivity index (χ0) is 9.56. The molecule has 0 aromatic rings. The maximum absolute atomic E-state index is 10.5. The van der Waals surface area contributed by atoms with Crippen LogP contribution in [0.15, 0.2) is 0 Å². The lowest BCUT2D eigenvalue weighted by Gasteiger charge is -2.07. The molecule has 6 heteroatoms. The van der Waals surface area contributed by atoms with Gasteiger partial charge in [-0.15, -0.1) is 0 Å². The first-order valence-electron chi connectivity index (χ1n) is 3.53. The van der Waals surface area contributed by atoms with Crippen molar-refractivity contribution in [2.75, 3.05) is 0 Å². The number of primary amides is 1. The fourth-order valence-corrected chi connectivity index (χ4v) is 0.713. The molecule has 12 heavy (non-hydrogen) atoms. The molecule has 0 aromatic carbocycles. The van der Waals surface area contributed by atoms with Gasteiger partial charge in [-0.25, -0.2) is 5.48 Å². The number of nitrogens with one attached hydrogen (secondary N) is 1. The number of carbonyl (C=O) groups is 2. The summed E-state index contributed by atoms with van der Waals surface area (Å²) in [6.07, 6.45) is 0.492. The highest BCUT2D eigenvalue weighted by Crippen LogP contribution is 1.97. The van der Waals surface area contributed by atoms with Crippen LogP contribution in [0.4, 0.5) is 0 Å². The van der Waals surface area contributed by atoms with Gasteiger partial charge in [-0.05, 0) is 6.42 Å². The molecule has 6 nitrogen and oxygen atoms in total. The second-order valence-corrected chi connectivity index (χ2v) is 2.50. The van der Waals surface area contributed by atoms with Gasteiger partial charge in [0.25, 0.3) is 0 Å². The number of nitrogens with two attached hydrogens (primary N) is 2. The van der Waals surface area contributed by atoms with Crippen molar-refractivity contribution in [3.05, 3.63) is 0 Å². The van der Waals surface area contributed by atoms with Gasteiger partial charge in [0, 0.05) is 18.9 Å². The Morgan fingerprint density at radius 3 is 2.50 bits per heavy atom. The summed E-state index contributed by atoms with van der Waals surface area (Å²) < 4.78 is 0. The van der Waals surface area contributed by atoms with Gasteiger partial charge in [0.05, 0.1) is 0 Å². The molecule has 0 unspecified atom stereocenters. The normalized spacial score (nSPS) is 12.2. The highest BCUT2D eigenvalue weighted by molar-refractivity contribution is 5.76. The Balaban J connectivity index is 3.52. The average Bonchev–Trinajstić information content (AvgIpc) is 2.00. The van der Waals surface area contributed by atoms with Gasteiger partial charge in [0.15, 0.2) is 0 Å². The zero-order valence-electron chi connectivity index (χ0n) is 6.62. The first-order chi connectivity index (χ1) is 5.56. The van der Waals surface area contributed by atoms with E-state index >= 15 is 0 Å². The summed E-state index contributed by atoms with van der Waals surface area (Å²) in [7, 11) is 0. The van der Waals surface area contributed by atoms with Gasteiger partial charge < -0.3 is 11.5 Å². The molecule has 6 N–H and O–H groups in total. The first kappa shape index (κ1) is 10.9. The standard InChI is InChI=1S/C6H13N3O3/c7-4(1-2-5(8)10)3-6(11)9-12/h4,12H,1-3,7H2,(H2,8,10)(H,9,11)/t4-/m0/s1. The Kier molecular flexibility index (Phi) is 4.98. The van der Waals surface area contributed by atoms with E-state index in [9.17, 15) is 9.59 Å². The minimum Gasteiger partial charge on any atom is -0.370 e. The van der Waals surface area contributed by atoms with Crippen molar-refractivity contribution in [2.24, 2.45) is 11.5 Å². The SMILES string of the molecule is NC(=O)CC[C@H](N)CC(=O)NO. The van der Waals surface area contributed by atoms with Crippen LogP contribution in [0.3, 0.4) is 0 Å². The molecule has 0 rings (SSSR count). The molecular formula is C6H13N3O3. The molecule has 0 saturated carbocycles. The lowest BCUT2D eigenvalue weighted by molar-refractivity contribution is -0.129. The number of hydroxylamine groups is 1. The van der Waals surface area contributed by atoms with Crippen LogP contribution in [0.5, 0.6) is 0 Å². The van der Waals surface area contributed by atoms with Crippen molar-refractivity contribution in [3.8, 4) is 0 Å². The van der Waals surface area contributed by atoms with Gasteiger partial charge in [-0.3, -0.25) is 14.8 Å². The van der Waals surface area contributed by atoms with E-state index in [1.54, 1.807) is 0 Å². The molecule has 0 radical (unpaired) electrons. The average molecular weight is 175 g/mol. The minimum absolute atomic E-state index is 0.0101. The first-order valence-corrected chi connectivity index (χ1v) is 3.53. The lowest BCUT2D eigenvalue weighted by Crippen LogP contribution is -2.30. The van der Waals surface area contributed by atoms with Crippen molar-refractivity contribution in [2.45, 2.75) is 25.3 Å². The fourth-order valence-electron chi connectivity index (χ4n) is 0.713. The lowest BCUT2D eigenvalue weighted by atomic mass is 10.1. The molecule has 2 amide bonds. The molecule has 0 aliphatic rings. The predicted molar refractivity (Wildman–Crippen MR) is 41.0 cm³/mol. The van der Waals surface area contributed by atoms with Crippen LogP contribution in [0, 0.1) is 0 Å². The summed E-state index contributed by atoms with van der Waals surface area (Å²) in [5, 5.41) is 8.11. The molecule has 0 spiro atoms. The van der Waals surface area contributed by atoms with E-state index in [1.807, 2.05) is 0 Å². The monoisotopic (exact) mass is 175 g/mol. The molecule has 1 atom stereocenters. The zero-order valence-corrected chi connectivity index (χ0v) is 6.62. The topological polar surface area (TPSA) is 118 Å². The summed E-state index contributed by atoms with van der Waals surface area (Å²) in [5.74, 6) is -1.01. The molecule has 0 fully saturated rings. The maximum atomic E-state index is 10.5. The van der Waals surface area contributed by atoms with E-state index in [2.05, 4.69) is 0 Å². The van der Waals surface area contributed by atoms with Gasteiger partial charge in [0.2, 0.25) is 11.8 Å². The third-order valence-electron chi connectivity index (χ3n) is 1.33. The maximum Gasteiger partial charge on any atom is 0.244 e. The number of rotatable bonds is 5. The van der Waals surface area contributed by atoms with Crippen LogP contribution in [0.25, 0.3) is 0 Å². The van der Waals surface area contributed by atoms with Crippen molar-refractivity contribution in [3.63, 3.8) is 0 Å². The third-order valence-corrected chi connectivity index (χ3v) is 1.33. The third kappa shape index (κ3) is 5.63. The second kappa shape index (κ2) is 5.50. The molecule has 0 heterocycles. The van der Waals surface area contributed by atoms with E-state index in [-0.39, 0.29) is 12.8 Å². The van der Waals surface area contributed by atoms with Gasteiger partial charge in [0.1, 0.15) is 0 Å². The highest BCUT2D eigenvalue weighted by Gasteiger charge is 2.09. The molecule has 0 aromatic heterocycles. The van der Waals surface area contributed by atoms with Crippen LogP contribution in [0.2, 0.25) is 0 Å². The number of hydrogen-bond donors (Lipinski definition) is 4. The van der Waals surface area contributed by atoms with Crippen LogP contribution in [-0.2, 0) is 9.59 Å². The summed E-state index contributed by atoms with van der Waals surface area (Å²) >= 11 is 0. The van der Waals surface area contributed by atoms with Crippen molar-refractivity contribution >= 4 is 11.8 Å². The van der Waals surface area contributed by atoms with Crippen LogP contribution in [0.1, 0.15) is 19.3 Å². The molecular weight excluding hydrogens is 162 g/mol. The summed E-state index contributed by atoms with van der Waals surface area (Å²) in [5.41, 5.74) is 11.7. The second-order valence-electron chi connectivity index (χ2n) is 2.50. The van der Waals surface area contributed by atoms with Crippen molar-refractivity contribution in [1.82, 2.24) is 5.48 Å². The Labute approximate surface area is 69.9 Å². The fraction of sp³-hybridized carbons (Fsp3) is 0.667. The summed E-state index contributed by atoms with van der Waals surface area (Å²) in [6.45, 7) is 0. The number of amides is 2. The summed E-state index contributed by atoms with van der Waals surface area (Å²) in [4.78, 5) is 20.8. The Morgan fingerprint density at radius 1 is 1.50 bits per heavy atom. The van der Waals surface area contributed by atoms with Crippen LogP contribution >= 0.6 is 0 Å². The Bertz CT molecular complexity index is 171. The van der Waals surface area contributed by atoms with Gasteiger partial charge in [-0.2, -0.15) is 0 Å². The number of carbonyl (C=O) groups excluding carboxylic acids is 2. The Morgan fingerprint density at radius 2 is 2.08 bits per heavy atom. The summed E-state index contributed by atoms with van der Waals surface area (Å²) in [6, 6.07) is -0.440. The van der Waals surface area contributed by atoms with E-state index in [4.69, 9.17) is 16.7 Å². The molecule has 0 aliphatic heterocycles. The smallest absolute Gasteiger partial charge is 0.244 e. The van der Waals surface area contributed by atoms with Gasteiger partial charge in [-0.1, -0.05) is 0 Å². The van der Waals surface area contributed by atoms with E-state index < -0.39 is 17.9 Å². The quantitative estimate of drug-likeness (QED) is 0.299. The molecule has 0 bridgehead atoms. The van der Waals surface area contributed by atoms with Crippen LogP contribution in [-0.4, -0.2) is 23.1 Å². The van der Waals surface area contributed by atoms with E-state index in [0.717, 1.165) is 0 Å². The van der Waals surface area contributed by atoms with E-state index in [1.165, 1.54) is 5.48 Å². The van der Waals surface area contributed by atoms with E-state index in [0.29, 0.717) is 6.42 Å². The van der Waals surface area contributed by atoms with Gasteiger partial charge >= 0.3 is 0 Å². The molecule has 0 saturated heterocycles. The van der Waals surface area contributed by atoms with Crippen molar-refractivity contribution in [1.29, 1.82) is 0 Å². The minimum atomic E-state index is -0.563. The molecule has 70 valence electrons. The largest absolute Gasteiger partial charge is 0.370 e. The predicted octanol–water partition coefficient (Wildman–Crippen LogP) is -1.53.